The first-order valence-corrected chi connectivity index (χ1v) is 12.1. The van der Waals surface area contributed by atoms with Crippen molar-refractivity contribution in [3.63, 3.8) is 0 Å². The third-order valence-electron chi connectivity index (χ3n) is 4.51. The Hall–Kier alpha value is -3.01. The Bertz CT molecular complexity index is 1040. The second-order valence-electron chi connectivity index (χ2n) is 7.60. The Labute approximate surface area is 198 Å². The second kappa shape index (κ2) is 12.3. The summed E-state index contributed by atoms with van der Waals surface area (Å²) in [5.74, 6) is 1.98. The molecule has 3 rings (SSSR count). The second-order valence-corrected chi connectivity index (χ2v) is 9.14. The van der Waals surface area contributed by atoms with Gasteiger partial charge in [0.15, 0.2) is 17.4 Å². The van der Waals surface area contributed by atoms with Gasteiger partial charge in [0.05, 0.1) is 24.7 Å². The molecule has 0 aliphatic heterocycles. The van der Waals surface area contributed by atoms with Crippen LogP contribution in [0.5, 0.6) is 11.5 Å². The SMILES string of the molecule is CCCNc1nc(SC(C)C)nc2c1cnn2CCNC(=O)COc1ccc(OCC)cc1. The van der Waals surface area contributed by atoms with E-state index in [1.165, 1.54) is 0 Å². The number of rotatable bonds is 13. The van der Waals surface area contributed by atoms with Gasteiger partial charge in [-0.3, -0.25) is 4.79 Å². The van der Waals surface area contributed by atoms with Gasteiger partial charge in [0.1, 0.15) is 17.3 Å². The summed E-state index contributed by atoms with van der Waals surface area (Å²) in [7, 11) is 0. The van der Waals surface area contributed by atoms with Crippen molar-refractivity contribution in [3.05, 3.63) is 30.5 Å². The molecule has 2 N–H and O–H groups in total. The highest BCUT2D eigenvalue weighted by Gasteiger charge is 2.14. The summed E-state index contributed by atoms with van der Waals surface area (Å²) >= 11 is 1.61. The van der Waals surface area contributed by atoms with Crippen molar-refractivity contribution in [3.8, 4) is 11.5 Å². The highest BCUT2D eigenvalue weighted by Crippen LogP contribution is 2.26. The Morgan fingerprint density at radius 1 is 1.09 bits per heavy atom. The topological polar surface area (TPSA) is 103 Å². The maximum Gasteiger partial charge on any atom is 0.258 e. The average molecular weight is 473 g/mol. The first kappa shape index (κ1) is 24.6. The van der Waals surface area contributed by atoms with E-state index in [1.807, 2.05) is 19.1 Å². The summed E-state index contributed by atoms with van der Waals surface area (Å²) < 4.78 is 12.7. The molecule has 0 saturated carbocycles. The summed E-state index contributed by atoms with van der Waals surface area (Å²) in [6, 6.07) is 7.20. The highest BCUT2D eigenvalue weighted by atomic mass is 32.2. The minimum Gasteiger partial charge on any atom is -0.494 e. The van der Waals surface area contributed by atoms with Crippen LogP contribution in [-0.2, 0) is 11.3 Å². The van der Waals surface area contributed by atoms with Crippen LogP contribution < -0.4 is 20.1 Å². The van der Waals surface area contributed by atoms with Crippen LogP contribution in [0.1, 0.15) is 34.1 Å². The van der Waals surface area contributed by atoms with Gasteiger partial charge in [0.2, 0.25) is 0 Å². The number of nitrogens with zero attached hydrogens (tertiary/aromatic N) is 4. The molecule has 0 fully saturated rings. The number of amides is 1. The summed E-state index contributed by atoms with van der Waals surface area (Å²) in [6.45, 7) is 10.5. The lowest BCUT2D eigenvalue weighted by molar-refractivity contribution is -0.123. The zero-order chi connectivity index (χ0) is 23.6. The number of thioether (sulfide) groups is 1. The van der Waals surface area contributed by atoms with Crippen LogP contribution >= 0.6 is 11.8 Å². The normalized spacial score (nSPS) is 11.1. The maximum absolute atomic E-state index is 12.2. The van der Waals surface area contributed by atoms with E-state index < -0.39 is 0 Å². The number of hydrogen-bond acceptors (Lipinski definition) is 8. The Morgan fingerprint density at radius 2 is 1.82 bits per heavy atom. The number of aromatic nitrogens is 4. The largest absolute Gasteiger partial charge is 0.494 e. The predicted molar refractivity (Wildman–Crippen MR) is 131 cm³/mol. The molecule has 0 aliphatic carbocycles. The quantitative estimate of drug-likeness (QED) is 0.286. The summed E-state index contributed by atoms with van der Waals surface area (Å²) in [5.41, 5.74) is 0.756. The summed E-state index contributed by atoms with van der Waals surface area (Å²) in [4.78, 5) is 21.6. The van der Waals surface area contributed by atoms with Gasteiger partial charge in [-0.1, -0.05) is 32.5 Å². The molecule has 0 spiro atoms. The predicted octanol–water partition coefficient (Wildman–Crippen LogP) is 3.74. The van der Waals surface area contributed by atoms with Crippen molar-refractivity contribution in [2.45, 2.75) is 51.1 Å². The van der Waals surface area contributed by atoms with E-state index in [1.54, 1.807) is 34.8 Å². The number of ether oxygens (including phenoxy) is 2. The minimum absolute atomic E-state index is 0.0593. The van der Waals surface area contributed by atoms with Crippen LogP contribution in [0.2, 0.25) is 0 Å². The Morgan fingerprint density at radius 3 is 2.48 bits per heavy atom. The van der Waals surface area contributed by atoms with Crippen LogP contribution in [0.15, 0.2) is 35.6 Å². The van der Waals surface area contributed by atoms with Crippen molar-refractivity contribution in [2.75, 3.05) is 31.6 Å². The molecule has 0 radical (unpaired) electrons. The standard InChI is InChI=1S/C23H32N6O3S/c1-5-11-25-21-19-14-26-29(22(19)28-23(27-21)33-16(3)4)13-12-24-20(30)15-32-18-9-7-17(8-10-18)31-6-2/h7-10,14,16H,5-6,11-13,15H2,1-4H3,(H,24,30)(H,25,27,28). The zero-order valence-electron chi connectivity index (χ0n) is 19.6. The van der Waals surface area contributed by atoms with Gasteiger partial charge in [-0.25, -0.2) is 14.6 Å². The van der Waals surface area contributed by atoms with Gasteiger partial charge in [-0.2, -0.15) is 5.10 Å². The lowest BCUT2D eigenvalue weighted by atomic mass is 10.3. The summed E-state index contributed by atoms with van der Waals surface area (Å²) in [5, 5.41) is 12.7. The Kier molecular flexibility index (Phi) is 9.17. The molecule has 0 unspecified atom stereocenters. The Balaban J connectivity index is 1.57. The third-order valence-corrected chi connectivity index (χ3v) is 5.37. The van der Waals surface area contributed by atoms with Crippen LogP contribution in [0, 0.1) is 0 Å². The number of benzene rings is 1. The number of carbonyl (C=O) groups excluding carboxylic acids is 1. The van der Waals surface area contributed by atoms with E-state index >= 15 is 0 Å². The highest BCUT2D eigenvalue weighted by molar-refractivity contribution is 7.99. The molecule has 2 heterocycles. The molecule has 10 heteroatoms. The lowest BCUT2D eigenvalue weighted by Crippen LogP contribution is -2.31. The first-order valence-electron chi connectivity index (χ1n) is 11.3. The molecule has 9 nitrogen and oxygen atoms in total. The number of hydrogen-bond donors (Lipinski definition) is 2. The molecular weight excluding hydrogens is 440 g/mol. The molecule has 2 aromatic heterocycles. The van der Waals surface area contributed by atoms with Crippen molar-refractivity contribution in [1.82, 2.24) is 25.1 Å². The first-order chi connectivity index (χ1) is 16.0. The van der Waals surface area contributed by atoms with Crippen molar-refractivity contribution in [2.24, 2.45) is 0 Å². The number of fused-ring (bicyclic) bond motifs is 1. The monoisotopic (exact) mass is 472 g/mol. The van der Waals surface area contributed by atoms with Gasteiger partial charge >= 0.3 is 0 Å². The van der Waals surface area contributed by atoms with Crippen LogP contribution in [0.4, 0.5) is 5.82 Å². The molecule has 3 aromatic rings. The van der Waals surface area contributed by atoms with E-state index in [-0.39, 0.29) is 12.5 Å². The average Bonchev–Trinajstić information content (AvgIpc) is 3.20. The minimum atomic E-state index is -0.198. The van der Waals surface area contributed by atoms with Gasteiger partial charge in [-0.05, 0) is 37.6 Å². The molecule has 1 aromatic carbocycles. The molecule has 0 atom stereocenters. The molecule has 1 amide bonds. The molecule has 33 heavy (non-hydrogen) atoms. The van der Waals surface area contributed by atoms with E-state index in [4.69, 9.17) is 14.5 Å². The molecule has 0 bridgehead atoms. The van der Waals surface area contributed by atoms with Gasteiger partial charge in [0, 0.05) is 18.3 Å². The van der Waals surface area contributed by atoms with E-state index in [2.05, 4.69) is 41.5 Å². The van der Waals surface area contributed by atoms with Crippen molar-refractivity contribution in [1.29, 1.82) is 0 Å². The van der Waals surface area contributed by atoms with Crippen molar-refractivity contribution >= 4 is 34.5 Å². The maximum atomic E-state index is 12.2. The van der Waals surface area contributed by atoms with Crippen molar-refractivity contribution < 1.29 is 14.3 Å². The molecule has 178 valence electrons. The lowest BCUT2D eigenvalue weighted by Gasteiger charge is -2.11. The zero-order valence-corrected chi connectivity index (χ0v) is 20.4. The number of nitrogens with one attached hydrogen (secondary N) is 2. The molecule has 0 aliphatic rings. The molecule has 0 saturated heterocycles. The summed E-state index contributed by atoms with van der Waals surface area (Å²) in [6.07, 6.45) is 2.77. The fraction of sp³-hybridized carbons (Fsp3) is 0.478. The third kappa shape index (κ3) is 7.24. The smallest absolute Gasteiger partial charge is 0.258 e. The van der Waals surface area contributed by atoms with Crippen LogP contribution in [0.25, 0.3) is 11.0 Å². The van der Waals surface area contributed by atoms with E-state index in [0.717, 1.165) is 35.6 Å². The number of anilines is 1. The van der Waals surface area contributed by atoms with Crippen LogP contribution in [-0.4, -0.2) is 57.2 Å². The van der Waals surface area contributed by atoms with E-state index in [0.29, 0.717) is 35.9 Å². The molecular formula is C23H32N6O3S. The van der Waals surface area contributed by atoms with Gasteiger partial charge in [0.25, 0.3) is 5.91 Å². The fourth-order valence-corrected chi connectivity index (χ4v) is 3.75. The van der Waals surface area contributed by atoms with E-state index in [9.17, 15) is 4.79 Å². The fourth-order valence-electron chi connectivity index (χ4n) is 3.04. The van der Waals surface area contributed by atoms with Crippen LogP contribution in [0.3, 0.4) is 0 Å². The van der Waals surface area contributed by atoms with Gasteiger partial charge in [-0.15, -0.1) is 0 Å². The van der Waals surface area contributed by atoms with Gasteiger partial charge < -0.3 is 20.1 Å². The number of carbonyl (C=O) groups is 1.